The van der Waals surface area contributed by atoms with E-state index in [4.69, 9.17) is 19.3 Å². The zero-order valence-corrected chi connectivity index (χ0v) is 15.4. The van der Waals surface area contributed by atoms with Crippen LogP contribution < -0.4 is 0 Å². The average Bonchev–Trinajstić information content (AvgIpc) is 2.57. The van der Waals surface area contributed by atoms with Crippen molar-refractivity contribution in [3.63, 3.8) is 0 Å². The topological polar surface area (TPSA) is 74.6 Å². The quantitative estimate of drug-likeness (QED) is 0.421. The predicted molar refractivity (Wildman–Crippen MR) is 93.3 cm³/mol. The van der Waals surface area contributed by atoms with Crippen molar-refractivity contribution in [1.82, 2.24) is 9.80 Å². The molecule has 0 bridgehead atoms. The van der Waals surface area contributed by atoms with E-state index >= 15 is 0 Å². The van der Waals surface area contributed by atoms with Crippen molar-refractivity contribution in [3.8, 4) is 0 Å². The van der Waals surface area contributed by atoms with Gasteiger partial charge in [-0.1, -0.05) is 6.92 Å². The molecule has 7 heteroatoms. The van der Waals surface area contributed by atoms with E-state index in [-0.39, 0.29) is 0 Å². The third-order valence-corrected chi connectivity index (χ3v) is 4.01. The number of hydrogen-bond donors (Lipinski definition) is 2. The molecule has 0 saturated carbocycles. The van der Waals surface area contributed by atoms with Crippen LogP contribution >= 0.6 is 0 Å². The minimum atomic E-state index is -0.481. The van der Waals surface area contributed by atoms with Gasteiger partial charge in [0.2, 0.25) is 0 Å². The smallest absolute Gasteiger partial charge is 0.0900 e. The number of likely N-dealkylation sites (N-methyl/N-ethyl adjacent to an activating group) is 1. The largest absolute Gasteiger partial charge is 0.391 e. The van der Waals surface area contributed by atoms with Gasteiger partial charge in [0.05, 0.1) is 51.8 Å². The standard InChI is InChI=1S/C17H36N2O5/c1-3-18(5-4-6-19-7-9-22-10-8-19)13-17(21)15-24-12-11-23-14-16(2)20/h16-17,20-21H,3-15H2,1-2H3. The van der Waals surface area contributed by atoms with Crippen molar-refractivity contribution in [2.45, 2.75) is 32.5 Å². The summed E-state index contributed by atoms with van der Waals surface area (Å²) in [6.45, 7) is 12.7. The Morgan fingerprint density at radius 1 is 1.12 bits per heavy atom. The lowest BCUT2D eigenvalue weighted by molar-refractivity contribution is -0.0208. The number of rotatable bonds is 14. The molecule has 2 atom stereocenters. The van der Waals surface area contributed by atoms with E-state index < -0.39 is 12.2 Å². The number of aliphatic hydroxyl groups is 2. The number of aliphatic hydroxyl groups excluding tert-OH is 2. The van der Waals surface area contributed by atoms with Gasteiger partial charge in [0.15, 0.2) is 0 Å². The summed E-state index contributed by atoms with van der Waals surface area (Å²) in [6, 6.07) is 0. The summed E-state index contributed by atoms with van der Waals surface area (Å²) >= 11 is 0. The summed E-state index contributed by atoms with van der Waals surface area (Å²) < 4.78 is 16.0. The fourth-order valence-electron chi connectivity index (χ4n) is 2.66. The SMILES string of the molecule is CCN(CCCN1CCOCC1)CC(O)COCCOCC(C)O. The van der Waals surface area contributed by atoms with Gasteiger partial charge in [-0.3, -0.25) is 4.90 Å². The second-order valence-corrected chi connectivity index (χ2v) is 6.35. The van der Waals surface area contributed by atoms with Crippen LogP contribution in [0.3, 0.4) is 0 Å². The number of nitrogens with zero attached hydrogens (tertiary/aromatic N) is 2. The second kappa shape index (κ2) is 13.9. The highest BCUT2D eigenvalue weighted by Gasteiger charge is 2.13. The van der Waals surface area contributed by atoms with Crippen molar-refractivity contribution in [1.29, 1.82) is 0 Å². The van der Waals surface area contributed by atoms with E-state index in [1.807, 2.05) is 0 Å². The van der Waals surface area contributed by atoms with Crippen molar-refractivity contribution in [2.75, 3.05) is 78.9 Å². The number of hydrogen-bond acceptors (Lipinski definition) is 7. The maximum atomic E-state index is 10.1. The van der Waals surface area contributed by atoms with Gasteiger partial charge in [-0.15, -0.1) is 0 Å². The van der Waals surface area contributed by atoms with Crippen LogP contribution in [0.5, 0.6) is 0 Å². The monoisotopic (exact) mass is 348 g/mol. The van der Waals surface area contributed by atoms with Gasteiger partial charge in [-0.05, 0) is 33.0 Å². The Balaban J connectivity index is 2.01. The Hall–Kier alpha value is -0.280. The first kappa shape index (κ1) is 21.8. The van der Waals surface area contributed by atoms with Crippen LogP contribution in [0.25, 0.3) is 0 Å². The Morgan fingerprint density at radius 2 is 1.79 bits per heavy atom. The van der Waals surface area contributed by atoms with Crippen LogP contribution in [0, 0.1) is 0 Å². The molecule has 1 aliphatic rings. The first-order valence-electron chi connectivity index (χ1n) is 9.16. The highest BCUT2D eigenvalue weighted by atomic mass is 16.5. The van der Waals surface area contributed by atoms with Crippen LogP contribution in [0.1, 0.15) is 20.3 Å². The third-order valence-electron chi connectivity index (χ3n) is 4.01. The van der Waals surface area contributed by atoms with Crippen LogP contribution in [0.15, 0.2) is 0 Å². The first-order valence-corrected chi connectivity index (χ1v) is 9.16. The fraction of sp³-hybridized carbons (Fsp3) is 1.00. The Kier molecular flexibility index (Phi) is 12.6. The zero-order valence-electron chi connectivity index (χ0n) is 15.4. The summed E-state index contributed by atoms with van der Waals surface area (Å²) in [7, 11) is 0. The molecule has 2 N–H and O–H groups in total. The van der Waals surface area contributed by atoms with Gasteiger partial charge in [0, 0.05) is 19.6 Å². The third kappa shape index (κ3) is 11.3. The first-order chi connectivity index (χ1) is 11.6. The highest BCUT2D eigenvalue weighted by molar-refractivity contribution is 4.66. The van der Waals surface area contributed by atoms with E-state index in [1.165, 1.54) is 0 Å². The molecule has 1 fully saturated rings. The molecule has 1 aliphatic heterocycles. The molecule has 24 heavy (non-hydrogen) atoms. The molecule has 1 rings (SSSR count). The van der Waals surface area contributed by atoms with Gasteiger partial charge in [0.1, 0.15) is 0 Å². The molecule has 7 nitrogen and oxygen atoms in total. The summed E-state index contributed by atoms with van der Waals surface area (Å²) in [5, 5.41) is 19.1. The summed E-state index contributed by atoms with van der Waals surface area (Å²) in [5.41, 5.74) is 0. The summed E-state index contributed by atoms with van der Waals surface area (Å²) in [5.74, 6) is 0. The number of morpholine rings is 1. The van der Waals surface area contributed by atoms with Gasteiger partial charge in [-0.2, -0.15) is 0 Å². The molecule has 0 aromatic carbocycles. The minimum absolute atomic E-state index is 0.317. The van der Waals surface area contributed by atoms with Gasteiger partial charge in [0.25, 0.3) is 0 Å². The highest BCUT2D eigenvalue weighted by Crippen LogP contribution is 2.01. The van der Waals surface area contributed by atoms with E-state index in [9.17, 15) is 5.11 Å². The normalized spacial score (nSPS) is 18.9. The Morgan fingerprint density at radius 3 is 2.42 bits per heavy atom. The van der Waals surface area contributed by atoms with Gasteiger partial charge >= 0.3 is 0 Å². The van der Waals surface area contributed by atoms with E-state index in [0.717, 1.165) is 52.4 Å². The minimum Gasteiger partial charge on any atom is -0.391 e. The molecule has 0 amide bonds. The van der Waals surface area contributed by atoms with Crippen molar-refractivity contribution in [3.05, 3.63) is 0 Å². The van der Waals surface area contributed by atoms with Gasteiger partial charge < -0.3 is 29.3 Å². The van der Waals surface area contributed by atoms with E-state index in [1.54, 1.807) is 6.92 Å². The van der Waals surface area contributed by atoms with Crippen molar-refractivity contribution in [2.24, 2.45) is 0 Å². The van der Waals surface area contributed by atoms with Crippen LogP contribution in [-0.4, -0.2) is 111 Å². The average molecular weight is 348 g/mol. The maximum Gasteiger partial charge on any atom is 0.0900 e. The van der Waals surface area contributed by atoms with Crippen LogP contribution in [0.2, 0.25) is 0 Å². The summed E-state index contributed by atoms with van der Waals surface area (Å²) in [6.07, 6.45) is 0.172. The zero-order chi connectivity index (χ0) is 17.6. The molecule has 0 radical (unpaired) electrons. The molecule has 0 aliphatic carbocycles. The van der Waals surface area contributed by atoms with Crippen molar-refractivity contribution >= 4 is 0 Å². The second-order valence-electron chi connectivity index (χ2n) is 6.35. The molecular formula is C17H36N2O5. The van der Waals surface area contributed by atoms with E-state index in [0.29, 0.717) is 33.0 Å². The van der Waals surface area contributed by atoms with Crippen LogP contribution in [-0.2, 0) is 14.2 Å². The maximum absolute atomic E-state index is 10.1. The predicted octanol–water partition coefficient (Wildman–Crippen LogP) is -0.194. The van der Waals surface area contributed by atoms with E-state index in [2.05, 4.69) is 16.7 Å². The molecule has 144 valence electrons. The summed E-state index contributed by atoms with van der Waals surface area (Å²) in [4.78, 5) is 4.70. The van der Waals surface area contributed by atoms with Crippen molar-refractivity contribution < 1.29 is 24.4 Å². The fourth-order valence-corrected chi connectivity index (χ4v) is 2.66. The number of ether oxygens (including phenoxy) is 3. The molecular weight excluding hydrogens is 312 g/mol. The lowest BCUT2D eigenvalue weighted by atomic mass is 10.3. The lowest BCUT2D eigenvalue weighted by Gasteiger charge is -2.28. The Bertz CT molecular complexity index is 288. The molecule has 0 spiro atoms. The molecule has 2 unspecified atom stereocenters. The van der Waals surface area contributed by atoms with Crippen LogP contribution in [0.4, 0.5) is 0 Å². The molecule has 1 heterocycles. The molecule has 1 saturated heterocycles. The lowest BCUT2D eigenvalue weighted by Crippen LogP contribution is -2.39. The molecule has 0 aromatic rings. The Labute approximate surface area is 146 Å². The molecule has 0 aromatic heterocycles. The van der Waals surface area contributed by atoms with Gasteiger partial charge in [-0.25, -0.2) is 0 Å².